The van der Waals surface area contributed by atoms with Crippen molar-refractivity contribution in [3.05, 3.63) is 57.1 Å². The number of aromatic nitrogens is 1. The van der Waals surface area contributed by atoms with E-state index in [9.17, 15) is 4.79 Å². The summed E-state index contributed by atoms with van der Waals surface area (Å²) in [7, 11) is 0. The van der Waals surface area contributed by atoms with E-state index in [4.69, 9.17) is 11.6 Å². The number of thiophene rings is 1. The number of anilines is 1. The van der Waals surface area contributed by atoms with Crippen molar-refractivity contribution in [2.24, 2.45) is 5.92 Å². The van der Waals surface area contributed by atoms with Crippen molar-refractivity contribution in [1.29, 1.82) is 0 Å². The first-order chi connectivity index (χ1) is 14.5. The van der Waals surface area contributed by atoms with Crippen LogP contribution in [0.25, 0.3) is 10.2 Å². The average molecular weight is 442 g/mol. The molecule has 1 aromatic carbocycles. The minimum absolute atomic E-state index is 0.0291. The lowest BCUT2D eigenvalue weighted by Gasteiger charge is -2.20. The van der Waals surface area contributed by atoms with Crippen molar-refractivity contribution in [2.75, 3.05) is 24.5 Å². The van der Waals surface area contributed by atoms with E-state index in [1.165, 1.54) is 24.2 Å². The second-order valence-corrected chi connectivity index (χ2v) is 9.57. The van der Waals surface area contributed by atoms with Crippen molar-refractivity contribution in [2.45, 2.75) is 40.0 Å². The summed E-state index contributed by atoms with van der Waals surface area (Å²) in [6.07, 6.45) is 3.22. The van der Waals surface area contributed by atoms with Gasteiger partial charge in [0.25, 0.3) is 5.91 Å². The van der Waals surface area contributed by atoms with Crippen LogP contribution >= 0.6 is 22.9 Å². The first-order valence-electron chi connectivity index (χ1n) is 10.6. The molecule has 1 aliphatic heterocycles. The van der Waals surface area contributed by atoms with Gasteiger partial charge in [-0.05, 0) is 68.0 Å². The molecule has 30 heavy (non-hydrogen) atoms. The Kier molecular flexibility index (Phi) is 6.30. The Morgan fingerprint density at radius 2 is 2.13 bits per heavy atom. The number of amides is 1. The fourth-order valence-electron chi connectivity index (χ4n) is 4.16. The molecule has 6 heteroatoms. The molecule has 1 saturated heterocycles. The summed E-state index contributed by atoms with van der Waals surface area (Å²) in [5, 5.41) is 4.92. The van der Waals surface area contributed by atoms with Crippen LogP contribution in [0.2, 0.25) is 5.02 Å². The Morgan fingerprint density at radius 1 is 1.30 bits per heavy atom. The smallest absolute Gasteiger partial charge is 0.261 e. The van der Waals surface area contributed by atoms with Gasteiger partial charge in [-0.25, -0.2) is 4.98 Å². The number of fused-ring (bicyclic) bond motifs is 1. The fourth-order valence-corrected chi connectivity index (χ4v) is 5.62. The maximum Gasteiger partial charge on any atom is 0.261 e. The average Bonchev–Trinajstić information content (AvgIpc) is 3.32. The minimum Gasteiger partial charge on any atom is -0.370 e. The summed E-state index contributed by atoms with van der Waals surface area (Å²) < 4.78 is 0. The summed E-state index contributed by atoms with van der Waals surface area (Å²) in [6.45, 7) is 8.97. The molecule has 0 saturated carbocycles. The van der Waals surface area contributed by atoms with Gasteiger partial charge in [-0.3, -0.25) is 4.79 Å². The van der Waals surface area contributed by atoms with E-state index in [0.717, 1.165) is 68.1 Å². The number of hydrogen-bond acceptors (Lipinski definition) is 4. The quantitative estimate of drug-likeness (QED) is 0.527. The Bertz CT molecular complexity index is 1080. The van der Waals surface area contributed by atoms with Gasteiger partial charge in [0.05, 0.1) is 15.6 Å². The van der Waals surface area contributed by atoms with Crippen LogP contribution in [0.15, 0.2) is 30.3 Å². The molecule has 3 heterocycles. The number of hydrogen-bond donors (Lipinski definition) is 1. The van der Waals surface area contributed by atoms with Gasteiger partial charge in [-0.1, -0.05) is 31.0 Å². The van der Waals surface area contributed by atoms with Crippen LogP contribution in [-0.2, 0) is 6.42 Å². The lowest BCUT2D eigenvalue weighted by molar-refractivity contribution is 0.0957. The Hall–Kier alpha value is -2.11. The zero-order chi connectivity index (χ0) is 21.3. The van der Waals surface area contributed by atoms with Crippen LogP contribution in [-0.4, -0.2) is 30.5 Å². The third-order valence-corrected chi connectivity index (χ3v) is 7.57. The van der Waals surface area contributed by atoms with Gasteiger partial charge in [0.1, 0.15) is 4.83 Å². The van der Waals surface area contributed by atoms with Gasteiger partial charge in [-0.15, -0.1) is 11.3 Å². The lowest BCUT2D eigenvalue weighted by Crippen LogP contribution is -2.25. The number of carbonyl (C=O) groups is 1. The molecule has 3 aromatic rings. The molecular weight excluding hydrogens is 414 g/mol. The van der Waals surface area contributed by atoms with Gasteiger partial charge in [0.15, 0.2) is 0 Å². The molecule has 1 N–H and O–H groups in total. The summed E-state index contributed by atoms with van der Waals surface area (Å²) in [4.78, 5) is 21.3. The van der Waals surface area contributed by atoms with Crippen LogP contribution < -0.4 is 10.2 Å². The van der Waals surface area contributed by atoms with Crippen molar-refractivity contribution in [3.63, 3.8) is 0 Å². The highest BCUT2D eigenvalue weighted by Gasteiger charge is 2.22. The number of carbonyl (C=O) groups excluding carboxylic acids is 1. The summed E-state index contributed by atoms with van der Waals surface area (Å²) in [5.74, 6) is 0.742. The van der Waals surface area contributed by atoms with Crippen LogP contribution in [0.1, 0.15) is 46.3 Å². The summed E-state index contributed by atoms with van der Waals surface area (Å²) in [6, 6.07) is 10.3. The Balaban J connectivity index is 1.37. The van der Waals surface area contributed by atoms with Crippen molar-refractivity contribution < 1.29 is 4.79 Å². The molecule has 0 unspecified atom stereocenters. The maximum atomic E-state index is 12.7. The van der Waals surface area contributed by atoms with E-state index in [1.54, 1.807) is 0 Å². The van der Waals surface area contributed by atoms with Gasteiger partial charge < -0.3 is 10.2 Å². The highest BCUT2D eigenvalue weighted by atomic mass is 35.5. The zero-order valence-electron chi connectivity index (χ0n) is 17.8. The second-order valence-electron chi connectivity index (χ2n) is 8.16. The van der Waals surface area contributed by atoms with Crippen molar-refractivity contribution >= 4 is 44.7 Å². The number of nitrogens with zero attached hydrogens (tertiary/aromatic N) is 2. The van der Waals surface area contributed by atoms with Gasteiger partial charge in [0, 0.05) is 30.7 Å². The van der Waals surface area contributed by atoms with Crippen LogP contribution in [0.3, 0.4) is 0 Å². The molecular formula is C24H28ClN3OS. The number of pyridine rings is 1. The largest absolute Gasteiger partial charge is 0.370 e. The van der Waals surface area contributed by atoms with E-state index in [1.807, 2.05) is 32.0 Å². The zero-order valence-corrected chi connectivity index (χ0v) is 19.4. The van der Waals surface area contributed by atoms with Gasteiger partial charge >= 0.3 is 0 Å². The first kappa shape index (κ1) is 21.1. The number of halogens is 1. The normalized spacial score (nSPS) is 16.4. The SMILES string of the molecule is CC[C@H]1CCN(c2ccc(CCNC(=O)c3sc4nc(C)ccc4c3C)cc2Cl)C1. The third-order valence-electron chi connectivity index (χ3n) is 6.06. The fraction of sp³-hybridized carbons (Fsp3) is 0.417. The number of benzene rings is 1. The number of nitrogens with one attached hydrogen (secondary N) is 1. The predicted octanol–water partition coefficient (Wildman–Crippen LogP) is 5.78. The molecule has 1 amide bonds. The van der Waals surface area contributed by atoms with E-state index in [2.05, 4.69) is 34.3 Å². The van der Waals surface area contributed by atoms with Crippen molar-refractivity contribution in [1.82, 2.24) is 10.3 Å². The van der Waals surface area contributed by atoms with E-state index in [-0.39, 0.29) is 5.91 Å². The molecule has 0 spiro atoms. The predicted molar refractivity (Wildman–Crippen MR) is 127 cm³/mol. The number of rotatable bonds is 6. The summed E-state index contributed by atoms with van der Waals surface area (Å²) in [5.41, 5.74) is 4.24. The van der Waals surface area contributed by atoms with E-state index >= 15 is 0 Å². The number of aryl methyl sites for hydroxylation is 2. The molecule has 1 fully saturated rings. The molecule has 2 aromatic heterocycles. The Morgan fingerprint density at radius 3 is 2.87 bits per heavy atom. The topological polar surface area (TPSA) is 45.2 Å². The van der Waals surface area contributed by atoms with E-state index < -0.39 is 0 Å². The van der Waals surface area contributed by atoms with Gasteiger partial charge in [0.2, 0.25) is 0 Å². The molecule has 4 nitrogen and oxygen atoms in total. The molecule has 158 valence electrons. The molecule has 0 aliphatic carbocycles. The molecule has 4 rings (SSSR count). The highest BCUT2D eigenvalue weighted by Crippen LogP contribution is 2.32. The van der Waals surface area contributed by atoms with Gasteiger partial charge in [-0.2, -0.15) is 0 Å². The van der Waals surface area contributed by atoms with Crippen LogP contribution in [0.5, 0.6) is 0 Å². The molecule has 1 aliphatic rings. The lowest BCUT2D eigenvalue weighted by atomic mass is 10.1. The highest BCUT2D eigenvalue weighted by molar-refractivity contribution is 7.20. The van der Waals surface area contributed by atoms with Crippen LogP contribution in [0.4, 0.5) is 5.69 Å². The maximum absolute atomic E-state index is 12.7. The van der Waals surface area contributed by atoms with E-state index in [0.29, 0.717) is 6.54 Å². The molecule has 1 atom stereocenters. The van der Waals surface area contributed by atoms with Crippen LogP contribution in [0, 0.1) is 19.8 Å². The van der Waals surface area contributed by atoms with Crippen molar-refractivity contribution in [3.8, 4) is 0 Å². The first-order valence-corrected chi connectivity index (χ1v) is 11.8. The minimum atomic E-state index is -0.0291. The third kappa shape index (κ3) is 4.33. The summed E-state index contributed by atoms with van der Waals surface area (Å²) >= 11 is 8.05. The standard InChI is InChI=1S/C24H28ClN3OS/c1-4-17-10-12-28(14-17)21-8-6-18(13-20(21)25)9-11-26-23(29)22-16(3)19-7-5-15(2)27-24(19)30-22/h5-8,13,17H,4,9-12,14H2,1-3H3,(H,26,29)/t17-/m0/s1. The molecule has 0 radical (unpaired) electrons. The Labute approximate surface area is 187 Å². The monoisotopic (exact) mass is 441 g/mol. The second kappa shape index (κ2) is 8.94. The molecule has 0 bridgehead atoms.